The van der Waals surface area contributed by atoms with Gasteiger partial charge < -0.3 is 5.73 Å². The second-order valence-corrected chi connectivity index (χ2v) is 6.95. The Kier molecular flexibility index (Phi) is 2.74. The molecule has 0 saturated heterocycles. The van der Waals surface area contributed by atoms with Crippen molar-refractivity contribution in [1.29, 1.82) is 5.26 Å². The van der Waals surface area contributed by atoms with E-state index < -0.39 is 10.0 Å². The smallest absolute Gasteiger partial charge is 0.280 e. The normalized spacial score (nSPS) is 11.6. The molecule has 0 aliphatic heterocycles. The number of nitrogen functional groups attached to an aromatic ring is 1. The Bertz CT molecular complexity index is 934. The van der Waals surface area contributed by atoms with Gasteiger partial charge in [-0.05, 0) is 29.6 Å². The van der Waals surface area contributed by atoms with Crippen LogP contribution in [0, 0.1) is 11.3 Å². The van der Waals surface area contributed by atoms with Crippen LogP contribution in [0.5, 0.6) is 0 Å². The van der Waals surface area contributed by atoms with Gasteiger partial charge in [0.05, 0.1) is 22.7 Å². The summed E-state index contributed by atoms with van der Waals surface area (Å²) in [6.07, 6.45) is 0. The first-order chi connectivity index (χ1) is 9.54. The van der Waals surface area contributed by atoms with E-state index >= 15 is 0 Å². The van der Waals surface area contributed by atoms with Crippen LogP contribution in [0.1, 0.15) is 5.56 Å². The number of benzene rings is 1. The van der Waals surface area contributed by atoms with Crippen LogP contribution in [0.2, 0.25) is 0 Å². The molecule has 0 fully saturated rings. The van der Waals surface area contributed by atoms with E-state index in [0.717, 1.165) is 15.3 Å². The van der Waals surface area contributed by atoms with Gasteiger partial charge in [-0.2, -0.15) is 13.7 Å². The molecule has 2 N–H and O–H groups in total. The maximum atomic E-state index is 12.6. The molecule has 8 heteroatoms. The van der Waals surface area contributed by atoms with E-state index in [1.165, 1.54) is 12.1 Å². The van der Waals surface area contributed by atoms with Crippen molar-refractivity contribution in [2.45, 2.75) is 4.21 Å². The highest BCUT2D eigenvalue weighted by Gasteiger charge is 2.24. The van der Waals surface area contributed by atoms with Crippen LogP contribution in [0.3, 0.4) is 0 Å². The monoisotopic (exact) mass is 304 g/mol. The molecule has 0 spiro atoms. The van der Waals surface area contributed by atoms with E-state index in [2.05, 4.69) is 4.98 Å². The molecule has 0 bridgehead atoms. The fraction of sp³-hybridized carbons (Fsp3) is 0. The largest absolute Gasteiger partial charge is 0.368 e. The number of nitrogens with two attached hydrogens (primary N) is 1. The lowest BCUT2D eigenvalue weighted by Crippen LogP contribution is -2.14. The van der Waals surface area contributed by atoms with Gasteiger partial charge in [0.25, 0.3) is 10.0 Å². The van der Waals surface area contributed by atoms with Gasteiger partial charge in [0.15, 0.2) is 0 Å². The molecule has 0 atom stereocenters. The lowest BCUT2D eigenvalue weighted by molar-refractivity contribution is 0.591. The Hall–Kier alpha value is -2.37. The summed E-state index contributed by atoms with van der Waals surface area (Å²) in [6, 6.07) is 9.72. The van der Waals surface area contributed by atoms with Gasteiger partial charge >= 0.3 is 0 Å². The van der Waals surface area contributed by atoms with E-state index in [1.807, 2.05) is 6.07 Å². The van der Waals surface area contributed by atoms with Crippen LogP contribution < -0.4 is 5.73 Å². The highest BCUT2D eigenvalue weighted by molar-refractivity contribution is 7.92. The second kappa shape index (κ2) is 4.33. The molecule has 2 aromatic heterocycles. The minimum atomic E-state index is -3.80. The summed E-state index contributed by atoms with van der Waals surface area (Å²) >= 11 is 1.10. The van der Waals surface area contributed by atoms with Crippen LogP contribution in [0.4, 0.5) is 5.95 Å². The first kappa shape index (κ1) is 12.7. The summed E-state index contributed by atoms with van der Waals surface area (Å²) in [5.74, 6) is -0.122. The molecule has 0 aliphatic rings. The molecule has 0 aliphatic carbocycles. The van der Waals surface area contributed by atoms with Gasteiger partial charge in [0.2, 0.25) is 5.95 Å². The van der Waals surface area contributed by atoms with E-state index in [-0.39, 0.29) is 10.2 Å². The van der Waals surface area contributed by atoms with E-state index in [0.29, 0.717) is 16.6 Å². The van der Waals surface area contributed by atoms with Crippen molar-refractivity contribution in [3.63, 3.8) is 0 Å². The number of nitrogens with zero attached hydrogens (tertiary/aromatic N) is 3. The van der Waals surface area contributed by atoms with E-state index in [9.17, 15) is 8.42 Å². The molecule has 3 rings (SSSR count). The van der Waals surface area contributed by atoms with Gasteiger partial charge in [-0.15, -0.1) is 11.3 Å². The van der Waals surface area contributed by atoms with Crippen molar-refractivity contribution < 1.29 is 8.42 Å². The van der Waals surface area contributed by atoms with E-state index in [4.69, 9.17) is 11.0 Å². The zero-order chi connectivity index (χ0) is 14.3. The highest BCUT2D eigenvalue weighted by atomic mass is 32.2. The molecule has 3 aromatic rings. The molecule has 20 heavy (non-hydrogen) atoms. The van der Waals surface area contributed by atoms with Crippen molar-refractivity contribution in [2.75, 3.05) is 5.73 Å². The summed E-state index contributed by atoms with van der Waals surface area (Å²) in [5.41, 5.74) is 6.81. The van der Waals surface area contributed by atoms with Crippen LogP contribution in [-0.2, 0) is 10.0 Å². The summed E-state index contributed by atoms with van der Waals surface area (Å²) in [7, 11) is -3.80. The molecular formula is C12H8N4O2S2. The average molecular weight is 304 g/mol. The van der Waals surface area contributed by atoms with E-state index in [1.54, 1.807) is 23.6 Å². The van der Waals surface area contributed by atoms with Crippen LogP contribution in [-0.4, -0.2) is 17.4 Å². The third-order valence-electron chi connectivity index (χ3n) is 2.76. The van der Waals surface area contributed by atoms with Gasteiger partial charge in [0, 0.05) is 0 Å². The van der Waals surface area contributed by atoms with Crippen molar-refractivity contribution in [3.8, 4) is 6.07 Å². The Morgan fingerprint density at radius 2 is 2.15 bits per heavy atom. The lowest BCUT2D eigenvalue weighted by atomic mass is 10.2. The Labute approximate surface area is 118 Å². The minimum Gasteiger partial charge on any atom is -0.368 e. The molecule has 6 nitrogen and oxygen atoms in total. The number of hydrogen-bond acceptors (Lipinski definition) is 6. The first-order valence-corrected chi connectivity index (χ1v) is 7.83. The zero-order valence-electron chi connectivity index (χ0n) is 10.0. The Balaban J connectivity index is 2.37. The maximum Gasteiger partial charge on any atom is 0.280 e. The number of thiophene rings is 1. The van der Waals surface area contributed by atoms with Crippen molar-refractivity contribution in [1.82, 2.24) is 8.96 Å². The molecule has 2 heterocycles. The quantitative estimate of drug-likeness (QED) is 0.777. The first-order valence-electron chi connectivity index (χ1n) is 5.51. The fourth-order valence-electron chi connectivity index (χ4n) is 1.90. The standard InChI is InChI=1S/C12H8N4O2S2/c13-7-8-3-4-9-10(6-8)16(12(14)15-9)20(17,18)11-2-1-5-19-11/h1-6H,(H2,14,15). The number of imidazole rings is 1. The Morgan fingerprint density at radius 1 is 1.35 bits per heavy atom. The lowest BCUT2D eigenvalue weighted by Gasteiger charge is -2.06. The number of hydrogen-bond donors (Lipinski definition) is 1. The van der Waals surface area contributed by atoms with Crippen molar-refractivity contribution >= 4 is 38.3 Å². The molecular weight excluding hydrogens is 296 g/mol. The van der Waals surface area contributed by atoms with Crippen molar-refractivity contribution in [3.05, 3.63) is 41.3 Å². The SMILES string of the molecule is N#Cc1ccc2nc(N)n(S(=O)(=O)c3cccs3)c2c1. The third kappa shape index (κ3) is 1.76. The zero-order valence-corrected chi connectivity index (χ0v) is 11.6. The third-order valence-corrected chi connectivity index (χ3v) is 5.85. The number of fused-ring (bicyclic) bond motifs is 1. The minimum absolute atomic E-state index is 0.122. The van der Waals surface area contributed by atoms with Gasteiger partial charge in [-0.3, -0.25) is 0 Å². The molecule has 0 amide bonds. The van der Waals surface area contributed by atoms with Crippen LogP contribution in [0.25, 0.3) is 11.0 Å². The number of rotatable bonds is 2. The molecule has 100 valence electrons. The van der Waals surface area contributed by atoms with Crippen LogP contribution >= 0.6 is 11.3 Å². The second-order valence-electron chi connectivity index (χ2n) is 3.99. The topological polar surface area (TPSA) is 102 Å². The molecule has 0 radical (unpaired) electrons. The summed E-state index contributed by atoms with van der Waals surface area (Å²) in [5, 5.41) is 10.6. The number of anilines is 1. The number of aromatic nitrogens is 2. The highest BCUT2D eigenvalue weighted by Crippen LogP contribution is 2.27. The van der Waals surface area contributed by atoms with Gasteiger partial charge in [-0.25, -0.2) is 8.96 Å². The summed E-state index contributed by atoms with van der Waals surface area (Å²) in [6.45, 7) is 0. The summed E-state index contributed by atoms with van der Waals surface area (Å²) in [4.78, 5) is 4.02. The predicted octanol–water partition coefficient (Wildman–Crippen LogP) is 1.79. The molecule has 0 unspecified atom stereocenters. The molecule has 1 aromatic carbocycles. The number of nitriles is 1. The predicted molar refractivity (Wildman–Crippen MR) is 75.8 cm³/mol. The van der Waals surface area contributed by atoms with Gasteiger partial charge in [-0.1, -0.05) is 6.07 Å². The van der Waals surface area contributed by atoms with Gasteiger partial charge in [0.1, 0.15) is 4.21 Å². The van der Waals surface area contributed by atoms with Crippen LogP contribution in [0.15, 0.2) is 39.9 Å². The van der Waals surface area contributed by atoms with Crippen molar-refractivity contribution in [2.24, 2.45) is 0 Å². The Morgan fingerprint density at radius 3 is 2.80 bits per heavy atom. The molecule has 0 saturated carbocycles. The fourth-order valence-corrected chi connectivity index (χ4v) is 4.34. The maximum absolute atomic E-state index is 12.6. The summed E-state index contributed by atoms with van der Waals surface area (Å²) < 4.78 is 26.3. The average Bonchev–Trinajstić information content (AvgIpc) is 3.04.